The highest BCUT2D eigenvalue weighted by Gasteiger charge is 2.05. The fourth-order valence-electron chi connectivity index (χ4n) is 2.05. The van der Waals surface area contributed by atoms with Gasteiger partial charge < -0.3 is 5.32 Å². The zero-order valence-electron chi connectivity index (χ0n) is 10.8. The van der Waals surface area contributed by atoms with Crippen LogP contribution in [0, 0.1) is 0 Å². The summed E-state index contributed by atoms with van der Waals surface area (Å²) in [5, 5.41) is 4.20. The maximum Gasteiger partial charge on any atom is 0.0406 e. The number of hydrogen-bond donors (Lipinski definition) is 1. The molecule has 0 aliphatic carbocycles. The first-order valence-electron chi connectivity index (χ1n) is 6.30. The fourth-order valence-corrected chi connectivity index (χ4v) is 2.18. The zero-order chi connectivity index (χ0) is 13.0. The van der Waals surface area contributed by atoms with Crippen molar-refractivity contribution in [1.29, 1.82) is 0 Å². The molecule has 2 heteroatoms. The first kappa shape index (κ1) is 13.1. The van der Waals surface area contributed by atoms with Gasteiger partial charge in [-0.3, -0.25) is 0 Å². The molecule has 0 aliphatic rings. The van der Waals surface area contributed by atoms with E-state index in [9.17, 15) is 0 Å². The number of nitrogens with one attached hydrogen (secondary N) is 1. The second-order valence-corrected chi connectivity index (χ2v) is 4.85. The van der Waals surface area contributed by atoms with E-state index in [0.29, 0.717) is 6.04 Å². The van der Waals surface area contributed by atoms with Crippen LogP contribution in [0.5, 0.6) is 0 Å². The first-order valence-corrected chi connectivity index (χ1v) is 6.68. The summed E-state index contributed by atoms with van der Waals surface area (Å²) in [5.74, 6) is 0. The van der Waals surface area contributed by atoms with Crippen molar-refractivity contribution in [3.63, 3.8) is 0 Å². The third kappa shape index (κ3) is 3.12. The Kier molecular flexibility index (Phi) is 4.40. The van der Waals surface area contributed by atoms with Gasteiger partial charge in [-0.25, -0.2) is 0 Å². The summed E-state index contributed by atoms with van der Waals surface area (Å²) in [6.45, 7) is 5.29. The van der Waals surface area contributed by atoms with Gasteiger partial charge in [0.05, 0.1) is 0 Å². The molecule has 0 spiro atoms. The minimum absolute atomic E-state index is 0.377. The van der Waals surface area contributed by atoms with Crippen LogP contribution in [0.2, 0.25) is 5.02 Å². The van der Waals surface area contributed by atoms with Gasteiger partial charge in [0.2, 0.25) is 0 Å². The van der Waals surface area contributed by atoms with E-state index in [1.165, 1.54) is 16.7 Å². The lowest BCUT2D eigenvalue weighted by Crippen LogP contribution is -2.17. The molecule has 94 valence electrons. The van der Waals surface area contributed by atoms with Gasteiger partial charge in [0.15, 0.2) is 0 Å². The lowest BCUT2D eigenvalue weighted by atomic mass is 10.0. The molecule has 18 heavy (non-hydrogen) atoms. The molecule has 0 amide bonds. The van der Waals surface area contributed by atoms with Crippen LogP contribution in [-0.4, -0.2) is 6.54 Å². The van der Waals surface area contributed by atoms with Crippen LogP contribution in [0.25, 0.3) is 11.1 Å². The minimum Gasteiger partial charge on any atom is -0.310 e. The SMILES string of the molecule is CCNC(C)c1cccc(-c2ccc(Cl)cc2)c1. The number of halogens is 1. The van der Waals surface area contributed by atoms with Crippen molar-refractivity contribution in [2.45, 2.75) is 19.9 Å². The minimum atomic E-state index is 0.377. The Hall–Kier alpha value is -1.31. The van der Waals surface area contributed by atoms with Gasteiger partial charge in [-0.15, -0.1) is 0 Å². The standard InChI is InChI=1S/C16H18ClN/c1-3-18-12(2)14-5-4-6-15(11-14)13-7-9-16(17)10-8-13/h4-12,18H,3H2,1-2H3. The van der Waals surface area contributed by atoms with Crippen molar-refractivity contribution >= 4 is 11.6 Å². The molecule has 1 N–H and O–H groups in total. The van der Waals surface area contributed by atoms with Crippen LogP contribution in [0.4, 0.5) is 0 Å². The predicted molar refractivity (Wildman–Crippen MR) is 79.0 cm³/mol. The monoisotopic (exact) mass is 259 g/mol. The molecule has 0 aliphatic heterocycles. The highest BCUT2D eigenvalue weighted by atomic mass is 35.5. The predicted octanol–water partition coefficient (Wildman–Crippen LogP) is 4.68. The molecule has 1 nitrogen and oxygen atoms in total. The fraction of sp³-hybridized carbons (Fsp3) is 0.250. The quantitative estimate of drug-likeness (QED) is 0.841. The van der Waals surface area contributed by atoms with E-state index in [1.54, 1.807) is 0 Å². The summed E-state index contributed by atoms with van der Waals surface area (Å²) in [7, 11) is 0. The first-order chi connectivity index (χ1) is 8.70. The number of hydrogen-bond acceptors (Lipinski definition) is 1. The second kappa shape index (κ2) is 6.03. The maximum absolute atomic E-state index is 5.91. The normalized spacial score (nSPS) is 12.4. The zero-order valence-corrected chi connectivity index (χ0v) is 11.5. The Morgan fingerprint density at radius 1 is 1.06 bits per heavy atom. The summed E-state index contributed by atoms with van der Waals surface area (Å²) in [5.41, 5.74) is 3.74. The smallest absolute Gasteiger partial charge is 0.0406 e. The van der Waals surface area contributed by atoms with Crippen molar-refractivity contribution in [1.82, 2.24) is 5.32 Å². The van der Waals surface area contributed by atoms with E-state index in [4.69, 9.17) is 11.6 Å². The second-order valence-electron chi connectivity index (χ2n) is 4.41. The largest absolute Gasteiger partial charge is 0.310 e. The Labute approximate surface area is 114 Å². The molecule has 2 rings (SSSR count). The Morgan fingerprint density at radius 3 is 2.44 bits per heavy atom. The van der Waals surface area contributed by atoms with Gasteiger partial charge in [0.1, 0.15) is 0 Å². The third-order valence-corrected chi connectivity index (χ3v) is 3.33. The molecule has 0 bridgehead atoms. The molecule has 0 saturated carbocycles. The molecular weight excluding hydrogens is 242 g/mol. The summed E-state index contributed by atoms with van der Waals surface area (Å²) >= 11 is 5.91. The summed E-state index contributed by atoms with van der Waals surface area (Å²) in [6.07, 6.45) is 0. The molecule has 2 aromatic rings. The molecule has 1 unspecified atom stereocenters. The van der Waals surface area contributed by atoms with E-state index in [0.717, 1.165) is 11.6 Å². The average molecular weight is 260 g/mol. The molecular formula is C16H18ClN. The van der Waals surface area contributed by atoms with Crippen LogP contribution in [0.15, 0.2) is 48.5 Å². The van der Waals surface area contributed by atoms with Crippen LogP contribution in [0.3, 0.4) is 0 Å². The summed E-state index contributed by atoms with van der Waals surface area (Å²) < 4.78 is 0. The molecule has 0 radical (unpaired) electrons. The topological polar surface area (TPSA) is 12.0 Å². The maximum atomic E-state index is 5.91. The Bertz CT molecular complexity index is 505. The van der Waals surface area contributed by atoms with Gasteiger partial charge in [0, 0.05) is 11.1 Å². The lowest BCUT2D eigenvalue weighted by molar-refractivity contribution is 0.598. The lowest BCUT2D eigenvalue weighted by Gasteiger charge is -2.14. The molecule has 0 fully saturated rings. The molecule has 2 aromatic carbocycles. The van der Waals surface area contributed by atoms with Crippen molar-refractivity contribution in [2.24, 2.45) is 0 Å². The van der Waals surface area contributed by atoms with E-state index in [1.807, 2.05) is 12.1 Å². The third-order valence-electron chi connectivity index (χ3n) is 3.07. The Morgan fingerprint density at radius 2 is 1.78 bits per heavy atom. The van der Waals surface area contributed by atoms with Crippen molar-refractivity contribution in [2.75, 3.05) is 6.54 Å². The van der Waals surface area contributed by atoms with E-state index < -0.39 is 0 Å². The molecule has 0 aromatic heterocycles. The molecule has 0 saturated heterocycles. The van der Waals surface area contributed by atoms with Crippen LogP contribution < -0.4 is 5.32 Å². The molecule has 0 heterocycles. The number of rotatable bonds is 4. The van der Waals surface area contributed by atoms with E-state index >= 15 is 0 Å². The van der Waals surface area contributed by atoms with Gasteiger partial charge >= 0.3 is 0 Å². The van der Waals surface area contributed by atoms with Crippen molar-refractivity contribution in [3.05, 3.63) is 59.1 Å². The van der Waals surface area contributed by atoms with E-state index in [2.05, 4.69) is 55.6 Å². The van der Waals surface area contributed by atoms with Gasteiger partial charge in [-0.05, 0) is 48.4 Å². The Balaban J connectivity index is 2.29. The van der Waals surface area contributed by atoms with Crippen molar-refractivity contribution in [3.8, 4) is 11.1 Å². The van der Waals surface area contributed by atoms with E-state index in [-0.39, 0.29) is 0 Å². The highest BCUT2D eigenvalue weighted by Crippen LogP contribution is 2.24. The number of benzene rings is 2. The van der Waals surface area contributed by atoms with Gasteiger partial charge in [0.25, 0.3) is 0 Å². The average Bonchev–Trinajstić information content (AvgIpc) is 2.40. The van der Waals surface area contributed by atoms with Gasteiger partial charge in [-0.1, -0.05) is 48.9 Å². The summed E-state index contributed by atoms with van der Waals surface area (Å²) in [6, 6.07) is 17.0. The highest BCUT2D eigenvalue weighted by molar-refractivity contribution is 6.30. The van der Waals surface area contributed by atoms with Gasteiger partial charge in [-0.2, -0.15) is 0 Å². The van der Waals surface area contributed by atoms with Crippen LogP contribution >= 0.6 is 11.6 Å². The van der Waals surface area contributed by atoms with Crippen LogP contribution in [-0.2, 0) is 0 Å². The summed E-state index contributed by atoms with van der Waals surface area (Å²) in [4.78, 5) is 0. The molecule has 1 atom stereocenters. The van der Waals surface area contributed by atoms with Crippen molar-refractivity contribution < 1.29 is 0 Å². The van der Waals surface area contributed by atoms with Crippen LogP contribution in [0.1, 0.15) is 25.5 Å².